The average molecular weight is 350 g/mol. The number of pyridine rings is 1. The Balaban J connectivity index is 1.74. The minimum absolute atomic E-state index is 0.0124. The molecule has 1 heterocycles. The van der Waals surface area contributed by atoms with Gasteiger partial charge in [0.25, 0.3) is 0 Å². The molecule has 0 aliphatic rings. The lowest BCUT2D eigenvalue weighted by Gasteiger charge is -2.09. The highest BCUT2D eigenvalue weighted by Gasteiger charge is 2.32. The summed E-state index contributed by atoms with van der Waals surface area (Å²) in [5, 5.41) is 2.53. The topological polar surface area (TPSA) is 51.2 Å². The van der Waals surface area contributed by atoms with Crippen molar-refractivity contribution in [2.75, 3.05) is 6.54 Å². The molecule has 0 saturated heterocycles. The molecule has 0 bridgehead atoms. The van der Waals surface area contributed by atoms with Gasteiger partial charge in [0.15, 0.2) is 0 Å². The second kappa shape index (κ2) is 8.86. The van der Waals surface area contributed by atoms with Crippen LogP contribution in [0.2, 0.25) is 0 Å². The van der Waals surface area contributed by atoms with Crippen molar-refractivity contribution < 1.29 is 22.7 Å². The summed E-state index contributed by atoms with van der Waals surface area (Å²) < 4.78 is 43.5. The molecule has 0 aliphatic carbocycles. The van der Waals surface area contributed by atoms with E-state index in [-0.39, 0.29) is 18.7 Å². The Hall–Kier alpha value is -2.83. The summed E-state index contributed by atoms with van der Waals surface area (Å²) >= 11 is 0. The molecule has 1 aromatic heterocycles. The maximum absolute atomic E-state index is 12.8. The highest BCUT2D eigenvalue weighted by molar-refractivity contribution is 5.67. The molecule has 7 heteroatoms. The van der Waals surface area contributed by atoms with E-state index in [9.17, 15) is 18.0 Å². The van der Waals surface area contributed by atoms with Gasteiger partial charge in [0.05, 0.1) is 5.56 Å². The molecule has 132 valence electrons. The van der Waals surface area contributed by atoms with Crippen molar-refractivity contribution in [1.29, 1.82) is 0 Å². The van der Waals surface area contributed by atoms with Gasteiger partial charge in [-0.25, -0.2) is 4.79 Å². The van der Waals surface area contributed by atoms with Gasteiger partial charge in [-0.15, -0.1) is 0 Å². The third-order valence-corrected chi connectivity index (χ3v) is 3.25. The molecule has 2 aromatic rings. The van der Waals surface area contributed by atoms with Crippen LogP contribution < -0.4 is 5.32 Å². The summed E-state index contributed by atoms with van der Waals surface area (Å²) in [6.07, 6.45) is 0.506. The summed E-state index contributed by atoms with van der Waals surface area (Å²) in [7, 11) is 0. The number of amides is 1. The molecule has 1 aromatic carbocycles. The Labute approximate surface area is 143 Å². The average Bonchev–Trinajstić information content (AvgIpc) is 2.60. The molecule has 0 fully saturated rings. The van der Waals surface area contributed by atoms with E-state index in [0.29, 0.717) is 6.42 Å². The van der Waals surface area contributed by atoms with E-state index in [1.54, 1.807) is 6.08 Å². The van der Waals surface area contributed by atoms with Crippen molar-refractivity contribution >= 4 is 12.2 Å². The molecule has 0 radical (unpaired) electrons. The number of aromatic nitrogens is 1. The largest absolute Gasteiger partial charge is 0.445 e. The first-order valence-electron chi connectivity index (χ1n) is 7.59. The maximum Gasteiger partial charge on any atom is 0.417 e. The second-order valence-electron chi connectivity index (χ2n) is 5.14. The van der Waals surface area contributed by atoms with Crippen LogP contribution in [-0.4, -0.2) is 17.6 Å². The molecule has 2 rings (SSSR count). The van der Waals surface area contributed by atoms with Crippen molar-refractivity contribution in [1.82, 2.24) is 10.3 Å². The van der Waals surface area contributed by atoms with Crippen LogP contribution in [0.25, 0.3) is 6.08 Å². The third-order valence-electron chi connectivity index (χ3n) is 3.25. The Morgan fingerprint density at radius 2 is 1.96 bits per heavy atom. The number of alkyl halides is 3. The van der Waals surface area contributed by atoms with Crippen LogP contribution in [0.1, 0.15) is 23.1 Å². The van der Waals surface area contributed by atoms with Crippen molar-refractivity contribution in [3.8, 4) is 0 Å². The van der Waals surface area contributed by atoms with Gasteiger partial charge in [-0.05, 0) is 18.1 Å². The molecule has 1 N–H and O–H groups in total. The Bertz CT molecular complexity index is 716. The number of ether oxygens (including phenoxy) is 1. The molecule has 25 heavy (non-hydrogen) atoms. The SMILES string of the molecule is O=C(NCCC=Cc1cnccc1C(F)(F)F)OCc1ccccc1. The van der Waals surface area contributed by atoms with Crippen molar-refractivity contribution in [3.63, 3.8) is 0 Å². The monoisotopic (exact) mass is 350 g/mol. The number of halogens is 3. The van der Waals surface area contributed by atoms with Crippen molar-refractivity contribution in [2.24, 2.45) is 0 Å². The Morgan fingerprint density at radius 3 is 2.68 bits per heavy atom. The number of nitrogens with one attached hydrogen (secondary N) is 1. The van der Waals surface area contributed by atoms with Crippen LogP contribution in [0.5, 0.6) is 0 Å². The van der Waals surface area contributed by atoms with Crippen LogP contribution in [0.4, 0.5) is 18.0 Å². The fourth-order valence-electron chi connectivity index (χ4n) is 2.04. The van der Waals surface area contributed by atoms with Gasteiger partial charge in [-0.1, -0.05) is 42.5 Å². The minimum Gasteiger partial charge on any atom is -0.445 e. The zero-order chi connectivity index (χ0) is 18.1. The number of benzene rings is 1. The van der Waals surface area contributed by atoms with E-state index in [2.05, 4.69) is 10.3 Å². The number of alkyl carbamates (subject to hydrolysis) is 1. The summed E-state index contributed by atoms with van der Waals surface area (Å²) in [4.78, 5) is 15.2. The summed E-state index contributed by atoms with van der Waals surface area (Å²) in [6, 6.07) is 10.1. The first-order chi connectivity index (χ1) is 12.0. The van der Waals surface area contributed by atoms with Gasteiger partial charge in [0, 0.05) is 24.5 Å². The minimum atomic E-state index is -4.43. The summed E-state index contributed by atoms with van der Waals surface area (Å²) in [5.74, 6) is 0. The molecule has 4 nitrogen and oxygen atoms in total. The number of rotatable bonds is 6. The fraction of sp³-hybridized carbons (Fsp3) is 0.222. The highest BCUT2D eigenvalue weighted by Crippen LogP contribution is 2.31. The molecular formula is C18H17F3N2O2. The van der Waals surface area contributed by atoms with Gasteiger partial charge in [0.1, 0.15) is 6.61 Å². The summed E-state index contributed by atoms with van der Waals surface area (Å²) in [6.45, 7) is 0.416. The van der Waals surface area contributed by atoms with Crippen molar-refractivity contribution in [2.45, 2.75) is 19.2 Å². The van der Waals surface area contributed by atoms with E-state index < -0.39 is 17.8 Å². The van der Waals surface area contributed by atoms with Gasteiger partial charge >= 0.3 is 12.3 Å². The number of hydrogen-bond acceptors (Lipinski definition) is 3. The zero-order valence-corrected chi connectivity index (χ0v) is 13.3. The molecule has 1 amide bonds. The second-order valence-corrected chi connectivity index (χ2v) is 5.14. The zero-order valence-electron chi connectivity index (χ0n) is 13.3. The van der Waals surface area contributed by atoms with Crippen LogP contribution in [0.3, 0.4) is 0 Å². The van der Waals surface area contributed by atoms with Crippen LogP contribution >= 0.6 is 0 Å². The first kappa shape index (κ1) is 18.5. The van der Waals surface area contributed by atoms with Crippen LogP contribution in [0.15, 0.2) is 54.9 Å². The molecular weight excluding hydrogens is 333 g/mol. The smallest absolute Gasteiger partial charge is 0.417 e. The standard InChI is InChI=1S/C18H17F3N2O2/c19-18(20,21)16-9-11-22-12-15(16)8-4-5-10-23-17(24)25-13-14-6-2-1-3-7-14/h1-4,6-9,11-12H,5,10,13H2,(H,23,24). The van der Waals surface area contributed by atoms with Gasteiger partial charge in [-0.3, -0.25) is 4.98 Å². The van der Waals surface area contributed by atoms with E-state index in [1.165, 1.54) is 6.08 Å². The lowest BCUT2D eigenvalue weighted by atomic mass is 10.1. The normalized spacial score (nSPS) is 11.5. The first-order valence-corrected chi connectivity index (χ1v) is 7.59. The molecule has 0 spiro atoms. The van der Waals surface area contributed by atoms with E-state index in [0.717, 1.165) is 24.0 Å². The summed E-state index contributed by atoms with van der Waals surface area (Å²) in [5.41, 5.74) is 0.115. The van der Waals surface area contributed by atoms with Gasteiger partial charge < -0.3 is 10.1 Å². The predicted molar refractivity (Wildman–Crippen MR) is 87.5 cm³/mol. The number of hydrogen-bond donors (Lipinski definition) is 1. The lowest BCUT2D eigenvalue weighted by molar-refractivity contribution is -0.137. The molecule has 0 unspecified atom stereocenters. The van der Waals surface area contributed by atoms with E-state index in [4.69, 9.17) is 4.74 Å². The number of carbonyl (C=O) groups is 1. The van der Waals surface area contributed by atoms with E-state index >= 15 is 0 Å². The molecule has 0 saturated carbocycles. The number of nitrogens with zero attached hydrogens (tertiary/aromatic N) is 1. The number of carbonyl (C=O) groups excluding carboxylic acids is 1. The van der Waals surface area contributed by atoms with Crippen LogP contribution in [0, 0.1) is 0 Å². The predicted octanol–water partition coefficient (Wildman–Crippen LogP) is 4.43. The Kier molecular flexibility index (Phi) is 6.56. The quantitative estimate of drug-likeness (QED) is 0.784. The third kappa shape index (κ3) is 6.29. The van der Waals surface area contributed by atoms with Crippen molar-refractivity contribution in [3.05, 3.63) is 71.6 Å². The van der Waals surface area contributed by atoms with Gasteiger partial charge in [-0.2, -0.15) is 13.2 Å². The highest BCUT2D eigenvalue weighted by atomic mass is 19.4. The maximum atomic E-state index is 12.8. The fourth-order valence-corrected chi connectivity index (χ4v) is 2.04. The Morgan fingerprint density at radius 1 is 1.20 bits per heavy atom. The molecule has 0 atom stereocenters. The molecule has 0 aliphatic heterocycles. The van der Waals surface area contributed by atoms with Crippen LogP contribution in [-0.2, 0) is 17.5 Å². The van der Waals surface area contributed by atoms with E-state index in [1.807, 2.05) is 30.3 Å². The lowest BCUT2D eigenvalue weighted by Crippen LogP contribution is -2.24. The van der Waals surface area contributed by atoms with Gasteiger partial charge in [0.2, 0.25) is 0 Å².